The number of aryl methyl sites for hydroxylation is 18. The second-order valence-electron chi connectivity index (χ2n) is 40.2. The summed E-state index contributed by atoms with van der Waals surface area (Å²) in [5, 5.41) is 5.22. The SMILES string of the molecule is CB1c2c(C)cc(C)cc2-c2cc(C)c(-c3cc4c(-c5c(C)cc6c(c5C)B(C)c5c(C)cc(C)cc5-6)c5cc(-c6c(C)cc7c(c6C)B(C)c6c(C)cc(C)cc6-7)c(-c6c(C)cc7c(c6C)B(C)c6c(C)cc(C)cc6-7)cc5c(-c5c(C)cc6c(c5C)B(C)c5c(C)cc(C)cc5-6)c4cc3-c3c(C)cc4c(c3C)B(C)c3c(C)cc(C)cc3-4)c(C)c21. The summed E-state index contributed by atoms with van der Waals surface area (Å²) in [6.07, 6.45) is 0. The van der Waals surface area contributed by atoms with Crippen LogP contribution < -0.4 is 65.6 Å². The van der Waals surface area contributed by atoms with Gasteiger partial charge in [-0.25, -0.2) is 0 Å². The second-order valence-corrected chi connectivity index (χ2v) is 40.2. The van der Waals surface area contributed by atoms with Crippen LogP contribution in [0.4, 0.5) is 0 Å². The van der Waals surface area contributed by atoms with E-state index in [0.717, 1.165) is 0 Å². The Balaban J connectivity index is 1.00. The van der Waals surface area contributed by atoms with Gasteiger partial charge in [0.15, 0.2) is 0 Å². The van der Waals surface area contributed by atoms with Crippen molar-refractivity contribution in [1.82, 2.24) is 0 Å². The number of benzene rings is 15. The van der Waals surface area contributed by atoms with Crippen molar-refractivity contribution in [3.8, 4) is 134 Å². The molecule has 6 aliphatic heterocycles. The number of rotatable bonds is 6. The largest absolute Gasteiger partial charge is 0.208 e. The van der Waals surface area contributed by atoms with Crippen LogP contribution in [0, 0.1) is 166 Å². The van der Waals surface area contributed by atoms with Crippen molar-refractivity contribution in [3.05, 3.63) is 267 Å². The Morgan fingerprint density at radius 1 is 0.123 bits per heavy atom. The van der Waals surface area contributed by atoms with Crippen LogP contribution in [0.5, 0.6) is 0 Å². The van der Waals surface area contributed by atoms with Gasteiger partial charge in [0, 0.05) is 0 Å². The molecule has 15 aromatic rings. The molecular formula is C116H112B6. The minimum Gasteiger partial charge on any atom is -0.0773 e. The van der Waals surface area contributed by atoms with Crippen molar-refractivity contribution in [2.24, 2.45) is 0 Å². The topological polar surface area (TPSA) is 0 Å². The molecule has 0 atom stereocenters. The quantitative estimate of drug-likeness (QED) is 0.115. The lowest BCUT2D eigenvalue weighted by atomic mass is 9.43. The number of fused-ring (bicyclic) bond motifs is 20. The van der Waals surface area contributed by atoms with Gasteiger partial charge < -0.3 is 0 Å². The molecule has 15 aromatic carbocycles. The molecule has 6 aliphatic rings. The molecule has 594 valence electrons. The second kappa shape index (κ2) is 26.9. The first-order valence-corrected chi connectivity index (χ1v) is 45.6. The van der Waals surface area contributed by atoms with Gasteiger partial charge in [0.1, 0.15) is 0 Å². The molecule has 6 heterocycles. The maximum absolute atomic E-state index is 2.82. The van der Waals surface area contributed by atoms with Crippen molar-refractivity contribution in [1.29, 1.82) is 0 Å². The third kappa shape index (κ3) is 10.5. The lowest BCUT2D eigenvalue weighted by Crippen LogP contribution is -2.38. The molecule has 0 aromatic heterocycles. The maximum Gasteiger partial charge on any atom is 0.208 e. The van der Waals surface area contributed by atoms with Gasteiger partial charge in [-0.05, 0) is 412 Å². The van der Waals surface area contributed by atoms with E-state index in [1.807, 2.05) is 0 Å². The zero-order valence-electron chi connectivity index (χ0n) is 78.2. The fourth-order valence-electron chi connectivity index (χ4n) is 28.3. The summed E-state index contributed by atoms with van der Waals surface area (Å²) in [5.74, 6) is 0. The van der Waals surface area contributed by atoms with Crippen LogP contribution in [0.1, 0.15) is 134 Å². The smallest absolute Gasteiger partial charge is 0.0773 e. The molecule has 6 heteroatoms. The van der Waals surface area contributed by atoms with Crippen LogP contribution in [0.3, 0.4) is 0 Å². The minimum absolute atomic E-state index is 0.181. The molecule has 0 aliphatic carbocycles. The number of hydrogen-bond donors (Lipinski definition) is 0. The highest BCUT2D eigenvalue weighted by atomic mass is 14.4. The Labute approximate surface area is 729 Å². The Morgan fingerprint density at radius 3 is 0.426 bits per heavy atom. The van der Waals surface area contributed by atoms with Gasteiger partial charge in [0.25, 0.3) is 0 Å². The highest BCUT2D eigenvalue weighted by Gasteiger charge is 2.43. The molecular weight excluding hydrogens is 1460 g/mol. The number of hydrogen-bond acceptors (Lipinski definition) is 0. The van der Waals surface area contributed by atoms with E-state index in [1.54, 1.807) is 0 Å². The van der Waals surface area contributed by atoms with Crippen molar-refractivity contribution in [2.75, 3.05) is 0 Å². The molecule has 122 heavy (non-hydrogen) atoms. The Bertz CT molecular complexity index is 6750. The minimum atomic E-state index is 0.181. The standard InChI is InChI=1S/C116H112B6/c1-53-31-65(13)105-85(37-53)91-43-59(7)97(71(19)111(91)117(105)25)77-49-81-82(50-78(77)98-60(8)44-92-86-38-54(2)32-66(14)106(86)118(26)112(92)72(98)20)104(102-64(12)48-96-90-42-58(6)36-70(18)110(90)122(30)116(96)76(102)24)84-52-80(100-62(10)46-94-88-40-56(4)34-68(16)108(88)120(28)114(94)74(100)22)79(99-61(9)45-93-87-39-55(3)33-67(15)107(87)119(27)113(93)73(99)21)51-83(84)103(81)101-63(11)47-95-89-41-57(5)35-69(17)109(89)121(29)115(95)75(101)23/h31-52H,1-30H3. The molecule has 0 amide bonds. The zero-order chi connectivity index (χ0) is 86.0. The molecule has 0 bridgehead atoms. The molecule has 0 N–H and O–H groups in total. The predicted octanol–water partition coefficient (Wildman–Crippen LogP) is 22.7. The Morgan fingerprint density at radius 2 is 0.262 bits per heavy atom. The van der Waals surface area contributed by atoms with Crippen molar-refractivity contribution in [2.45, 2.75) is 207 Å². The first-order chi connectivity index (χ1) is 58.0. The van der Waals surface area contributed by atoms with E-state index in [4.69, 9.17) is 0 Å². The summed E-state index contributed by atoms with van der Waals surface area (Å²) in [6.45, 7) is 74.1. The van der Waals surface area contributed by atoms with Gasteiger partial charge >= 0.3 is 0 Å². The third-order valence-corrected chi connectivity index (χ3v) is 32.0. The highest BCUT2D eigenvalue weighted by molar-refractivity contribution is 6.92. The zero-order valence-corrected chi connectivity index (χ0v) is 78.2. The fraction of sp³-hybridized carbons (Fsp3) is 0.259. The summed E-state index contributed by atoms with van der Waals surface area (Å²) in [5.41, 5.74) is 82.9. The van der Waals surface area contributed by atoms with Crippen LogP contribution in [0.25, 0.3) is 155 Å². The predicted molar refractivity (Wildman–Crippen MR) is 546 cm³/mol. The van der Waals surface area contributed by atoms with E-state index in [0.29, 0.717) is 0 Å². The van der Waals surface area contributed by atoms with Crippen LogP contribution in [0.15, 0.2) is 133 Å². The van der Waals surface area contributed by atoms with Crippen LogP contribution in [-0.4, -0.2) is 40.3 Å². The molecule has 0 spiro atoms. The summed E-state index contributed by atoms with van der Waals surface area (Å²) in [7, 11) is 0. The normalized spacial score (nSPS) is 13.4. The van der Waals surface area contributed by atoms with Crippen molar-refractivity contribution in [3.63, 3.8) is 0 Å². The molecule has 0 unspecified atom stereocenters. The molecule has 0 radical (unpaired) electrons. The Hall–Kier alpha value is -10.8. The van der Waals surface area contributed by atoms with Gasteiger partial charge in [-0.2, -0.15) is 0 Å². The van der Waals surface area contributed by atoms with Gasteiger partial charge in [0.05, 0.1) is 0 Å². The average Bonchev–Trinajstić information content (AvgIpc) is 0.854. The van der Waals surface area contributed by atoms with Crippen LogP contribution in [-0.2, 0) is 0 Å². The van der Waals surface area contributed by atoms with E-state index in [2.05, 4.69) is 341 Å². The van der Waals surface area contributed by atoms with E-state index >= 15 is 0 Å². The fourth-order valence-corrected chi connectivity index (χ4v) is 28.3. The molecule has 0 saturated heterocycles. The van der Waals surface area contributed by atoms with E-state index < -0.39 is 0 Å². The van der Waals surface area contributed by atoms with E-state index in [9.17, 15) is 0 Å². The van der Waals surface area contributed by atoms with Gasteiger partial charge in [-0.1, -0.05) is 282 Å². The summed E-state index contributed by atoms with van der Waals surface area (Å²) in [4.78, 5) is 0. The van der Waals surface area contributed by atoms with Crippen LogP contribution in [0.2, 0.25) is 40.9 Å². The van der Waals surface area contributed by atoms with Gasteiger partial charge in [-0.15, -0.1) is 0 Å². The van der Waals surface area contributed by atoms with E-state index in [-0.39, 0.29) is 40.3 Å². The molecule has 0 fully saturated rings. The van der Waals surface area contributed by atoms with Crippen molar-refractivity contribution >= 4 is 127 Å². The van der Waals surface area contributed by atoms with E-state index in [1.165, 1.54) is 354 Å². The third-order valence-electron chi connectivity index (χ3n) is 32.0. The monoisotopic (exact) mass is 1570 g/mol. The molecule has 0 saturated carbocycles. The highest BCUT2D eigenvalue weighted by Crippen LogP contribution is 2.56. The van der Waals surface area contributed by atoms with Gasteiger partial charge in [-0.3, -0.25) is 0 Å². The Kier molecular flexibility index (Phi) is 17.3. The summed E-state index contributed by atoms with van der Waals surface area (Å²) < 4.78 is 0. The lowest BCUT2D eigenvalue weighted by Gasteiger charge is -2.29. The molecule has 0 nitrogen and oxygen atoms in total. The summed E-state index contributed by atoms with van der Waals surface area (Å²) >= 11 is 0. The van der Waals surface area contributed by atoms with Crippen molar-refractivity contribution < 1.29 is 0 Å². The average molecular weight is 1570 g/mol. The summed E-state index contributed by atoms with van der Waals surface area (Å²) in [6, 6.07) is 56.5. The van der Waals surface area contributed by atoms with Gasteiger partial charge in [0.2, 0.25) is 40.3 Å². The maximum atomic E-state index is 2.82. The first kappa shape index (κ1) is 78.5. The lowest BCUT2D eigenvalue weighted by molar-refractivity contribution is 1.37. The van der Waals surface area contributed by atoms with Crippen LogP contribution >= 0.6 is 0 Å². The molecule has 21 rings (SSSR count). The first-order valence-electron chi connectivity index (χ1n) is 45.6.